The van der Waals surface area contributed by atoms with Gasteiger partial charge in [-0.1, -0.05) is 6.07 Å². The number of hydrogen-bond donors (Lipinski definition) is 1. The van der Waals surface area contributed by atoms with E-state index in [0.717, 1.165) is 9.35 Å². The highest BCUT2D eigenvalue weighted by Crippen LogP contribution is 2.29. The molecule has 1 aromatic carbocycles. The molecule has 102 valence electrons. The highest BCUT2D eigenvalue weighted by atomic mass is 79.9. The van der Waals surface area contributed by atoms with E-state index < -0.39 is 11.6 Å². The van der Waals surface area contributed by atoms with Crippen LogP contribution in [0.4, 0.5) is 8.78 Å². The summed E-state index contributed by atoms with van der Waals surface area (Å²) in [5.74, 6) is -0.965. The second kappa shape index (κ2) is 6.11. The molecule has 2 rings (SSSR count). The Hall–Kier alpha value is -0.780. The molecule has 0 aliphatic heterocycles. The van der Waals surface area contributed by atoms with Gasteiger partial charge in [0, 0.05) is 32.8 Å². The van der Waals surface area contributed by atoms with Crippen LogP contribution < -0.4 is 5.32 Å². The molecule has 1 atom stereocenters. The van der Waals surface area contributed by atoms with Crippen molar-refractivity contribution in [3.8, 4) is 0 Å². The molecule has 1 aromatic heterocycles. The first kappa shape index (κ1) is 14.6. The van der Waals surface area contributed by atoms with Crippen molar-refractivity contribution in [2.45, 2.75) is 19.4 Å². The highest BCUT2D eigenvalue weighted by Gasteiger charge is 2.21. The fourth-order valence-corrected chi connectivity index (χ4v) is 3.51. The Balaban J connectivity index is 2.34. The third kappa shape index (κ3) is 3.22. The zero-order chi connectivity index (χ0) is 14.0. The van der Waals surface area contributed by atoms with Gasteiger partial charge in [-0.3, -0.25) is 0 Å². The molecule has 0 bridgehead atoms. The largest absolute Gasteiger partial charge is 0.313 e. The Morgan fingerprint density at radius 1 is 1.37 bits per heavy atom. The number of halogens is 3. The lowest BCUT2D eigenvalue weighted by molar-refractivity contribution is 0.487. The van der Waals surface area contributed by atoms with Gasteiger partial charge in [0.1, 0.15) is 11.6 Å². The van der Waals surface area contributed by atoms with Crippen LogP contribution in [0.1, 0.15) is 22.0 Å². The summed E-state index contributed by atoms with van der Waals surface area (Å²) in [5, 5.41) is 4.96. The molecule has 1 nitrogen and oxygen atoms in total. The van der Waals surface area contributed by atoms with Crippen molar-refractivity contribution >= 4 is 27.3 Å². The first-order chi connectivity index (χ1) is 9.02. The Morgan fingerprint density at radius 2 is 2.11 bits per heavy atom. The van der Waals surface area contributed by atoms with Crippen LogP contribution in [0.2, 0.25) is 0 Å². The van der Waals surface area contributed by atoms with Gasteiger partial charge < -0.3 is 5.32 Å². The zero-order valence-corrected chi connectivity index (χ0v) is 13.0. The number of nitrogens with one attached hydrogen (secondary N) is 1. The van der Waals surface area contributed by atoms with Crippen LogP contribution in [0.3, 0.4) is 0 Å². The van der Waals surface area contributed by atoms with E-state index in [1.165, 1.54) is 12.1 Å². The van der Waals surface area contributed by atoms with E-state index in [-0.39, 0.29) is 11.6 Å². The summed E-state index contributed by atoms with van der Waals surface area (Å²) in [5.41, 5.74) is 0.580. The van der Waals surface area contributed by atoms with Crippen LogP contribution in [0, 0.1) is 18.6 Å². The van der Waals surface area contributed by atoms with Gasteiger partial charge in [-0.15, -0.1) is 11.3 Å². The number of rotatable bonds is 4. The first-order valence-electron chi connectivity index (χ1n) is 5.87. The van der Waals surface area contributed by atoms with Crippen LogP contribution in [-0.2, 0) is 6.42 Å². The average Bonchev–Trinajstić information content (AvgIpc) is 2.78. The molecule has 0 spiro atoms. The van der Waals surface area contributed by atoms with Crippen molar-refractivity contribution in [2.75, 3.05) is 7.05 Å². The van der Waals surface area contributed by atoms with Crippen LogP contribution in [0.25, 0.3) is 0 Å². The van der Waals surface area contributed by atoms with E-state index in [4.69, 9.17) is 0 Å². The number of aryl methyl sites for hydroxylation is 1. The van der Waals surface area contributed by atoms with Crippen LogP contribution in [-0.4, -0.2) is 7.05 Å². The molecule has 0 saturated heterocycles. The average molecular weight is 346 g/mol. The molecular weight excluding hydrogens is 332 g/mol. The molecule has 2 aromatic rings. The third-order valence-electron chi connectivity index (χ3n) is 3.04. The van der Waals surface area contributed by atoms with E-state index in [2.05, 4.69) is 21.2 Å². The van der Waals surface area contributed by atoms with Gasteiger partial charge in [-0.25, -0.2) is 8.78 Å². The van der Waals surface area contributed by atoms with Crippen molar-refractivity contribution in [2.24, 2.45) is 0 Å². The Bertz CT molecular complexity index is 583. The topological polar surface area (TPSA) is 12.0 Å². The van der Waals surface area contributed by atoms with E-state index in [1.807, 2.05) is 11.4 Å². The molecule has 1 N–H and O–H groups in total. The van der Waals surface area contributed by atoms with Gasteiger partial charge in [0.15, 0.2) is 0 Å². The highest BCUT2D eigenvalue weighted by molar-refractivity contribution is 9.10. The summed E-state index contributed by atoms with van der Waals surface area (Å²) in [7, 11) is 1.72. The molecule has 0 saturated carbocycles. The van der Waals surface area contributed by atoms with Crippen molar-refractivity contribution < 1.29 is 8.78 Å². The molecule has 0 fully saturated rings. The lowest BCUT2D eigenvalue weighted by Gasteiger charge is -2.18. The Kier molecular flexibility index (Phi) is 4.71. The fraction of sp³-hybridized carbons (Fsp3) is 0.286. The minimum atomic E-state index is -0.502. The maximum atomic E-state index is 14.1. The minimum absolute atomic E-state index is 0.118. The molecule has 1 heterocycles. The zero-order valence-electron chi connectivity index (χ0n) is 10.6. The lowest BCUT2D eigenvalue weighted by Crippen LogP contribution is -2.21. The molecule has 5 heteroatoms. The van der Waals surface area contributed by atoms with Crippen molar-refractivity contribution in [1.82, 2.24) is 5.32 Å². The first-order valence-corrected chi connectivity index (χ1v) is 7.55. The Morgan fingerprint density at radius 3 is 2.68 bits per heavy atom. The summed E-state index contributed by atoms with van der Waals surface area (Å²) < 4.78 is 29.0. The van der Waals surface area contributed by atoms with Gasteiger partial charge in [0.05, 0.1) is 0 Å². The summed E-state index contributed by atoms with van der Waals surface area (Å²) in [4.78, 5) is 1.08. The van der Waals surface area contributed by atoms with Gasteiger partial charge in [0.25, 0.3) is 0 Å². The normalized spacial score (nSPS) is 12.7. The number of thiophene rings is 1. The van der Waals surface area contributed by atoms with E-state index in [1.54, 1.807) is 25.3 Å². The van der Waals surface area contributed by atoms with Gasteiger partial charge >= 0.3 is 0 Å². The van der Waals surface area contributed by atoms with Gasteiger partial charge in [-0.2, -0.15) is 0 Å². The van der Waals surface area contributed by atoms with Gasteiger partial charge in [-0.05, 0) is 47.6 Å². The molecule has 0 aliphatic carbocycles. The van der Waals surface area contributed by atoms with Crippen LogP contribution in [0.15, 0.2) is 28.1 Å². The number of benzene rings is 1. The molecule has 1 unspecified atom stereocenters. The molecule has 0 aliphatic rings. The van der Waals surface area contributed by atoms with Crippen molar-refractivity contribution in [3.05, 3.63) is 55.7 Å². The monoisotopic (exact) mass is 345 g/mol. The number of hydrogen-bond acceptors (Lipinski definition) is 2. The summed E-state index contributed by atoms with van der Waals surface area (Å²) in [6.45, 7) is 1.65. The molecule has 19 heavy (non-hydrogen) atoms. The standard InChI is InChI=1S/C14H14BrF2NS/c1-8-3-4-11(16)13(14(8)17)12(18-2)6-10-5-9(15)7-19-10/h3-5,7,12,18H,6H2,1-2H3. The SMILES string of the molecule is CNC(Cc1cc(Br)cs1)c1c(F)ccc(C)c1F. The smallest absolute Gasteiger partial charge is 0.133 e. The summed E-state index contributed by atoms with van der Waals surface area (Å²) in [6, 6.07) is 4.39. The third-order valence-corrected chi connectivity index (χ3v) is 4.76. The minimum Gasteiger partial charge on any atom is -0.313 e. The summed E-state index contributed by atoms with van der Waals surface area (Å²) >= 11 is 4.95. The second-order valence-electron chi connectivity index (χ2n) is 4.37. The lowest BCUT2D eigenvalue weighted by atomic mass is 9.99. The summed E-state index contributed by atoms with van der Waals surface area (Å²) in [6.07, 6.45) is 0.560. The quantitative estimate of drug-likeness (QED) is 0.853. The Labute approximate surface area is 123 Å². The van der Waals surface area contributed by atoms with Crippen LogP contribution >= 0.6 is 27.3 Å². The van der Waals surface area contributed by atoms with Crippen molar-refractivity contribution in [1.29, 1.82) is 0 Å². The van der Waals surface area contributed by atoms with Crippen LogP contribution in [0.5, 0.6) is 0 Å². The van der Waals surface area contributed by atoms with Gasteiger partial charge in [0.2, 0.25) is 0 Å². The van der Waals surface area contributed by atoms with Crippen molar-refractivity contribution in [3.63, 3.8) is 0 Å². The predicted molar refractivity (Wildman–Crippen MR) is 78.6 cm³/mol. The second-order valence-corrected chi connectivity index (χ2v) is 6.28. The fourth-order valence-electron chi connectivity index (χ4n) is 2.01. The van der Waals surface area contributed by atoms with E-state index in [0.29, 0.717) is 12.0 Å². The van der Waals surface area contributed by atoms with E-state index in [9.17, 15) is 8.78 Å². The molecule has 0 amide bonds. The number of likely N-dealkylation sites (N-methyl/N-ethyl adjacent to an activating group) is 1. The molecular formula is C14H14BrF2NS. The van der Waals surface area contributed by atoms with E-state index >= 15 is 0 Å². The predicted octanol–water partition coefficient (Wildman–Crippen LogP) is 4.60. The molecule has 0 radical (unpaired) electrons. The maximum absolute atomic E-state index is 14.1. The maximum Gasteiger partial charge on any atom is 0.133 e.